The zero-order valence-electron chi connectivity index (χ0n) is 72.1. The molecule has 27 rings (SSSR count). The lowest BCUT2D eigenvalue weighted by molar-refractivity contribution is 0.195. The lowest BCUT2D eigenvalue weighted by Crippen LogP contribution is -2.54. The number of hydrogen-bond donors (Lipinski definition) is 0. The third kappa shape index (κ3) is 9.31. The van der Waals surface area contributed by atoms with Crippen LogP contribution in [0.25, 0.3) is 185 Å². The molecule has 6 unspecified atom stereocenters. The number of benzene rings is 19. The molecule has 3 heteroatoms. The van der Waals surface area contributed by atoms with Gasteiger partial charge in [-0.2, -0.15) is 0 Å². The highest BCUT2D eigenvalue weighted by Crippen LogP contribution is 2.68. The smallest absolute Gasteiger partial charge is 0.0535 e. The summed E-state index contributed by atoms with van der Waals surface area (Å²) in [7, 11) is 0. The van der Waals surface area contributed by atoms with E-state index >= 15 is 0 Å². The minimum absolute atomic E-state index is 0.00704. The molecule has 600 valence electrons. The number of nitrogens with zero attached hydrogens (tertiary/aromatic N) is 3. The van der Waals surface area contributed by atoms with Crippen molar-refractivity contribution in [3.63, 3.8) is 0 Å². The van der Waals surface area contributed by atoms with Gasteiger partial charge in [-0.15, -0.1) is 0 Å². The Kier molecular flexibility index (Phi) is 14.8. The second-order valence-electron chi connectivity index (χ2n) is 39.6. The Morgan fingerprint density at radius 1 is 0.192 bits per heavy atom. The van der Waals surface area contributed by atoms with Crippen molar-refractivity contribution in [3.05, 3.63) is 350 Å². The number of rotatable bonds is 8. The summed E-state index contributed by atoms with van der Waals surface area (Å²) < 4.78 is 0. The summed E-state index contributed by atoms with van der Waals surface area (Å²) in [5.74, 6) is 0. The van der Waals surface area contributed by atoms with Crippen LogP contribution in [0.4, 0.5) is 34.1 Å². The average molecular weight is 1610 g/mol. The van der Waals surface area contributed by atoms with Crippen molar-refractivity contribution in [1.82, 2.24) is 0 Å². The maximum Gasteiger partial charge on any atom is 0.0535 e. The van der Waals surface area contributed by atoms with Gasteiger partial charge < -0.3 is 14.7 Å². The molecule has 3 aliphatic carbocycles. The molecule has 0 bridgehead atoms. The summed E-state index contributed by atoms with van der Waals surface area (Å²) in [5, 5.41) is 30.9. The van der Waals surface area contributed by atoms with Crippen LogP contribution < -0.4 is 14.7 Å². The molecule has 3 heterocycles. The summed E-state index contributed by atoms with van der Waals surface area (Å²) in [5.41, 5.74) is 24.8. The first-order valence-electron chi connectivity index (χ1n) is 46.3. The quantitative estimate of drug-likeness (QED) is 0.140. The molecule has 125 heavy (non-hydrogen) atoms. The summed E-state index contributed by atoms with van der Waals surface area (Å²) in [6, 6.07) is 131. The first-order chi connectivity index (χ1) is 61.2. The van der Waals surface area contributed by atoms with E-state index in [-0.39, 0.29) is 32.9 Å². The van der Waals surface area contributed by atoms with Gasteiger partial charge in [0.05, 0.1) is 33.7 Å². The van der Waals surface area contributed by atoms with Crippen molar-refractivity contribution >= 4 is 163 Å². The fourth-order valence-corrected chi connectivity index (χ4v) is 27.6. The molecule has 3 fully saturated rings. The van der Waals surface area contributed by atoms with Gasteiger partial charge in [0.2, 0.25) is 0 Å². The minimum atomic E-state index is -0.0779. The van der Waals surface area contributed by atoms with Gasteiger partial charge in [-0.25, -0.2) is 0 Å². The summed E-state index contributed by atoms with van der Waals surface area (Å²) >= 11 is 0. The van der Waals surface area contributed by atoms with Gasteiger partial charge in [0.15, 0.2) is 0 Å². The van der Waals surface area contributed by atoms with Crippen LogP contribution in [-0.4, -0.2) is 16.6 Å². The van der Waals surface area contributed by atoms with Gasteiger partial charge >= 0.3 is 0 Å². The fraction of sp³-hybridized carbons (Fsp3) is 0.197. The van der Waals surface area contributed by atoms with Crippen molar-refractivity contribution < 1.29 is 0 Å². The summed E-state index contributed by atoms with van der Waals surface area (Å²) in [6.07, 6.45) is 14.5. The van der Waals surface area contributed by atoms with Crippen LogP contribution in [-0.2, 0) is 16.2 Å². The molecule has 3 saturated carbocycles. The molecule has 3 aliphatic heterocycles. The van der Waals surface area contributed by atoms with Crippen molar-refractivity contribution in [2.24, 2.45) is 0 Å². The number of anilines is 6. The van der Waals surface area contributed by atoms with Crippen LogP contribution in [0, 0.1) is 0 Å². The molecule has 0 radical (unpaired) electrons. The molecule has 21 aromatic carbocycles. The van der Waals surface area contributed by atoms with Gasteiger partial charge in [-0.3, -0.25) is 0 Å². The molecule has 0 aromatic heterocycles. The molecular weight excluding hydrogens is 1510 g/mol. The van der Waals surface area contributed by atoms with Crippen molar-refractivity contribution in [2.45, 2.75) is 151 Å². The fourth-order valence-electron chi connectivity index (χ4n) is 27.6. The monoisotopic (exact) mass is 1600 g/mol. The molecule has 6 atom stereocenters. The summed E-state index contributed by atoms with van der Waals surface area (Å²) in [4.78, 5) is 8.32. The highest BCUT2D eigenvalue weighted by molar-refractivity contribution is 6.48. The van der Waals surface area contributed by atoms with Crippen LogP contribution in [0.1, 0.15) is 135 Å². The zero-order chi connectivity index (χ0) is 82.9. The molecule has 3 nitrogen and oxygen atoms in total. The number of fused-ring (bicyclic) bond motifs is 24. The number of hydrogen-bond acceptors (Lipinski definition) is 3. The van der Waals surface area contributed by atoms with Crippen LogP contribution in [0.3, 0.4) is 0 Å². The van der Waals surface area contributed by atoms with Crippen LogP contribution in [0.5, 0.6) is 0 Å². The Morgan fingerprint density at radius 2 is 0.472 bits per heavy atom. The topological polar surface area (TPSA) is 9.72 Å². The standard InChI is InChI=1S/C122H97N3/c1-117-62-22-25-65-120(117,4)123(82-39-16-9-17-40-82)114-99-71-76-36-28-45-85(96(76)68-79(99)50-59-102(114)117)88-53-56-93-107-89(88)48-31-49-92(107)110-105(74-32-12-7-13-33-74)112-94-57-54-90(86-46-29-37-77-72-100-80(69-97(77)86)51-60-103-115(100)124(83-41-18-10-19-42-83)121(5)66-26-23-63-118(103,121)2)108-91(55-58-95(109(94)108)113(112)106(111(93)110)75-34-14-8-15-35-75)87-47-30-38-78-73-101-81(70-98(78)87)52-61-104-116(101)125(84-43-20-11-21-44-84)122(6)67-27-24-64-119(104,122)3/h7-21,28-61,68-73H,22-27,62-67H2,1-6H3. The molecule has 0 N–H and O–H groups in total. The van der Waals surface area contributed by atoms with Crippen LogP contribution >= 0.6 is 0 Å². The molecule has 0 saturated heterocycles. The average Bonchev–Trinajstić information content (AvgIpc) is 1.52. The lowest BCUT2D eigenvalue weighted by atomic mass is 9.61. The third-order valence-corrected chi connectivity index (χ3v) is 34.1. The largest absolute Gasteiger partial charge is 0.334 e. The van der Waals surface area contributed by atoms with Crippen molar-refractivity contribution in [1.29, 1.82) is 0 Å². The second-order valence-corrected chi connectivity index (χ2v) is 39.6. The molecule has 21 aromatic rings. The van der Waals surface area contributed by atoms with Crippen LogP contribution in [0.15, 0.2) is 334 Å². The van der Waals surface area contributed by atoms with E-state index in [1.165, 1.54) is 294 Å². The Bertz CT molecular complexity index is 7880. The molecule has 0 amide bonds. The van der Waals surface area contributed by atoms with E-state index in [0.717, 1.165) is 19.3 Å². The highest BCUT2D eigenvalue weighted by Gasteiger charge is 2.61. The Morgan fingerprint density at radius 3 is 0.840 bits per heavy atom. The Hall–Kier alpha value is -13.3. The van der Waals surface area contributed by atoms with E-state index in [2.05, 4.69) is 390 Å². The van der Waals surface area contributed by atoms with E-state index in [0.29, 0.717) is 0 Å². The molecule has 0 spiro atoms. The zero-order valence-corrected chi connectivity index (χ0v) is 72.1. The van der Waals surface area contributed by atoms with Gasteiger partial charge in [-0.05, 0) is 318 Å². The van der Waals surface area contributed by atoms with Gasteiger partial charge in [0.25, 0.3) is 0 Å². The first-order valence-corrected chi connectivity index (χ1v) is 46.3. The first kappa shape index (κ1) is 72.2. The van der Waals surface area contributed by atoms with E-state index in [1.54, 1.807) is 0 Å². The minimum Gasteiger partial charge on any atom is -0.334 e. The lowest BCUT2D eigenvalue weighted by Gasteiger charge is -2.50. The maximum atomic E-state index is 2.78. The van der Waals surface area contributed by atoms with Crippen molar-refractivity contribution in [3.8, 4) is 55.6 Å². The maximum absolute atomic E-state index is 2.78. The van der Waals surface area contributed by atoms with E-state index in [4.69, 9.17) is 0 Å². The van der Waals surface area contributed by atoms with E-state index < -0.39 is 0 Å². The highest BCUT2D eigenvalue weighted by atomic mass is 15.3. The third-order valence-electron chi connectivity index (χ3n) is 34.1. The Balaban J connectivity index is 0.725. The predicted octanol–water partition coefficient (Wildman–Crippen LogP) is 34.0. The normalized spacial score (nSPS) is 22.2. The van der Waals surface area contributed by atoms with Gasteiger partial charge in [0, 0.05) is 49.5 Å². The van der Waals surface area contributed by atoms with E-state index in [1.807, 2.05) is 0 Å². The van der Waals surface area contributed by atoms with Crippen LogP contribution in [0.2, 0.25) is 0 Å². The summed E-state index contributed by atoms with van der Waals surface area (Å²) in [6.45, 7) is 15.4. The van der Waals surface area contributed by atoms with E-state index in [9.17, 15) is 0 Å². The van der Waals surface area contributed by atoms with Gasteiger partial charge in [-0.1, -0.05) is 320 Å². The molecule has 6 aliphatic rings. The van der Waals surface area contributed by atoms with Crippen molar-refractivity contribution in [2.75, 3.05) is 14.7 Å². The molecular formula is C122H97N3. The SMILES string of the molecule is CC12CCCCC1(C)N(c1ccccc1)c1c2ccc2cc3c(-c4ccc5c6c(-c7ccccc7)c7c8ccc(-c9cccc%10cc%11c%12c(ccc%11cc9%10)C9(C)CCCCC9(C)N%12c9ccccc9)c9c(-c%10cccc%11cc%12c%13c(ccc%12cc%10%11)C%10(C)CCCCC%10(C)N%13c%10ccccc%10)ccc(c7c(-c7ccccc7)c6c6cccc4c65)c98)cccc3cc12. The predicted molar refractivity (Wildman–Crippen MR) is 534 cm³/mol. The Labute approximate surface area is 730 Å². The second kappa shape index (κ2) is 25.7. The van der Waals surface area contributed by atoms with Gasteiger partial charge in [0.1, 0.15) is 0 Å². The number of para-hydroxylation sites is 3.